The molecule has 16 heavy (non-hydrogen) atoms. The summed E-state index contributed by atoms with van der Waals surface area (Å²) < 4.78 is 0. The topological polar surface area (TPSA) is 49.5 Å². The molecule has 1 fully saturated rings. The van der Waals surface area contributed by atoms with Crippen molar-refractivity contribution in [1.29, 1.82) is 0 Å². The van der Waals surface area contributed by atoms with Gasteiger partial charge in [0.15, 0.2) is 0 Å². The maximum Gasteiger partial charge on any atom is 0.0756 e. The van der Waals surface area contributed by atoms with Gasteiger partial charge in [0, 0.05) is 18.6 Å². The fourth-order valence-corrected chi connectivity index (χ4v) is 2.88. The Balaban J connectivity index is 2.53. The third kappa shape index (κ3) is 3.72. The second-order valence-electron chi connectivity index (χ2n) is 5.55. The summed E-state index contributed by atoms with van der Waals surface area (Å²) in [5.74, 6) is 0. The van der Waals surface area contributed by atoms with Gasteiger partial charge in [-0.1, -0.05) is 13.3 Å². The van der Waals surface area contributed by atoms with Crippen molar-refractivity contribution in [1.82, 2.24) is 4.90 Å². The van der Waals surface area contributed by atoms with Crippen LogP contribution >= 0.6 is 0 Å². The number of nitrogens with zero attached hydrogens (tertiary/aromatic N) is 1. The van der Waals surface area contributed by atoms with Gasteiger partial charge in [0.05, 0.1) is 5.60 Å². The standard InChI is InChI=1S/C13H28N2O/c1-4-12-7-5-6-8-15(12)11(2)9-13(3,16)10-14/h11-12,16H,4-10,14H2,1-3H3. The summed E-state index contributed by atoms with van der Waals surface area (Å²) in [6.45, 7) is 7.85. The summed E-state index contributed by atoms with van der Waals surface area (Å²) >= 11 is 0. The highest BCUT2D eigenvalue weighted by Gasteiger charge is 2.29. The second kappa shape index (κ2) is 5.99. The van der Waals surface area contributed by atoms with Crippen molar-refractivity contribution in [2.24, 2.45) is 5.73 Å². The largest absolute Gasteiger partial charge is 0.389 e. The van der Waals surface area contributed by atoms with Gasteiger partial charge in [0.2, 0.25) is 0 Å². The fraction of sp³-hybridized carbons (Fsp3) is 1.00. The molecule has 96 valence electrons. The third-order valence-electron chi connectivity index (χ3n) is 3.88. The normalized spacial score (nSPS) is 28.7. The lowest BCUT2D eigenvalue weighted by Gasteiger charge is -2.41. The molecule has 0 amide bonds. The summed E-state index contributed by atoms with van der Waals surface area (Å²) in [6, 6.07) is 1.14. The molecule has 0 radical (unpaired) electrons. The van der Waals surface area contributed by atoms with Gasteiger partial charge in [-0.3, -0.25) is 4.90 Å². The maximum absolute atomic E-state index is 10.0. The first-order valence-electron chi connectivity index (χ1n) is 6.68. The first-order valence-corrected chi connectivity index (χ1v) is 6.68. The lowest BCUT2D eigenvalue weighted by Crippen LogP contribution is -2.49. The van der Waals surface area contributed by atoms with E-state index in [1.807, 2.05) is 6.92 Å². The smallest absolute Gasteiger partial charge is 0.0756 e. The molecule has 1 aliphatic rings. The molecule has 3 N–H and O–H groups in total. The predicted octanol–water partition coefficient (Wildman–Crippen LogP) is 1.74. The van der Waals surface area contributed by atoms with E-state index in [9.17, 15) is 5.11 Å². The highest BCUT2D eigenvalue weighted by atomic mass is 16.3. The number of hydrogen-bond donors (Lipinski definition) is 2. The van der Waals surface area contributed by atoms with Crippen LogP contribution in [0.3, 0.4) is 0 Å². The lowest BCUT2D eigenvalue weighted by atomic mass is 9.92. The summed E-state index contributed by atoms with van der Waals surface area (Å²) in [4.78, 5) is 2.56. The molecule has 0 bridgehead atoms. The molecule has 3 heteroatoms. The van der Waals surface area contributed by atoms with Gasteiger partial charge in [-0.05, 0) is 46.1 Å². The van der Waals surface area contributed by atoms with E-state index in [1.165, 1.54) is 32.2 Å². The van der Waals surface area contributed by atoms with Crippen LogP contribution in [0.1, 0.15) is 52.9 Å². The van der Waals surface area contributed by atoms with Gasteiger partial charge in [0.1, 0.15) is 0 Å². The van der Waals surface area contributed by atoms with Gasteiger partial charge in [0.25, 0.3) is 0 Å². The molecule has 0 aromatic rings. The Bertz CT molecular complexity index is 206. The highest BCUT2D eigenvalue weighted by molar-refractivity contribution is 4.85. The third-order valence-corrected chi connectivity index (χ3v) is 3.88. The molecule has 3 nitrogen and oxygen atoms in total. The number of likely N-dealkylation sites (tertiary alicyclic amines) is 1. The molecule has 1 saturated heterocycles. The molecule has 0 aromatic heterocycles. The molecule has 1 rings (SSSR count). The Kier molecular flexibility index (Phi) is 5.22. The molecule has 0 aromatic carbocycles. The van der Waals surface area contributed by atoms with Gasteiger partial charge in [-0.2, -0.15) is 0 Å². The van der Waals surface area contributed by atoms with Crippen molar-refractivity contribution in [3.63, 3.8) is 0 Å². The molecular formula is C13H28N2O. The molecule has 1 heterocycles. The van der Waals surface area contributed by atoms with E-state index in [2.05, 4.69) is 18.7 Å². The molecule has 0 aliphatic carbocycles. The van der Waals surface area contributed by atoms with E-state index < -0.39 is 5.60 Å². The van der Waals surface area contributed by atoms with Crippen LogP contribution in [0, 0.1) is 0 Å². The van der Waals surface area contributed by atoms with Crippen LogP contribution < -0.4 is 5.73 Å². The van der Waals surface area contributed by atoms with Crippen molar-refractivity contribution < 1.29 is 5.11 Å². The average Bonchev–Trinajstić information content (AvgIpc) is 2.28. The van der Waals surface area contributed by atoms with Crippen molar-refractivity contribution in [3.8, 4) is 0 Å². The summed E-state index contributed by atoms with van der Waals surface area (Å²) in [5.41, 5.74) is 4.87. The number of nitrogens with two attached hydrogens (primary N) is 1. The number of piperidine rings is 1. The van der Waals surface area contributed by atoms with Crippen LogP contribution in [-0.2, 0) is 0 Å². The van der Waals surface area contributed by atoms with Crippen LogP contribution in [0.4, 0.5) is 0 Å². The van der Waals surface area contributed by atoms with E-state index in [0.29, 0.717) is 18.6 Å². The molecule has 0 saturated carbocycles. The van der Waals surface area contributed by atoms with Gasteiger partial charge in [-0.15, -0.1) is 0 Å². The Morgan fingerprint density at radius 3 is 2.75 bits per heavy atom. The average molecular weight is 228 g/mol. The molecule has 1 aliphatic heterocycles. The van der Waals surface area contributed by atoms with Crippen LogP contribution in [0.25, 0.3) is 0 Å². The number of rotatable bonds is 5. The second-order valence-corrected chi connectivity index (χ2v) is 5.55. The van der Waals surface area contributed by atoms with Crippen molar-refractivity contribution in [3.05, 3.63) is 0 Å². The van der Waals surface area contributed by atoms with E-state index in [4.69, 9.17) is 5.73 Å². The first kappa shape index (κ1) is 13.9. The Labute approximate surface area is 100 Å². The Morgan fingerprint density at radius 2 is 2.19 bits per heavy atom. The van der Waals surface area contributed by atoms with Crippen LogP contribution in [0.2, 0.25) is 0 Å². The first-order chi connectivity index (χ1) is 7.50. The Hall–Kier alpha value is -0.120. The van der Waals surface area contributed by atoms with Crippen molar-refractivity contribution in [2.75, 3.05) is 13.1 Å². The SMILES string of the molecule is CCC1CCCCN1C(C)CC(C)(O)CN. The zero-order chi connectivity index (χ0) is 12.2. The van der Waals surface area contributed by atoms with E-state index >= 15 is 0 Å². The molecular weight excluding hydrogens is 200 g/mol. The molecule has 3 unspecified atom stereocenters. The van der Waals surface area contributed by atoms with Crippen LogP contribution in [0.15, 0.2) is 0 Å². The predicted molar refractivity (Wildman–Crippen MR) is 68.4 cm³/mol. The van der Waals surface area contributed by atoms with E-state index in [0.717, 1.165) is 6.42 Å². The zero-order valence-corrected chi connectivity index (χ0v) is 11.1. The maximum atomic E-state index is 10.0. The minimum absolute atomic E-state index is 0.349. The minimum Gasteiger partial charge on any atom is -0.389 e. The highest BCUT2D eigenvalue weighted by Crippen LogP contribution is 2.25. The zero-order valence-electron chi connectivity index (χ0n) is 11.1. The number of aliphatic hydroxyl groups is 1. The van der Waals surface area contributed by atoms with Crippen molar-refractivity contribution >= 4 is 0 Å². The fourth-order valence-electron chi connectivity index (χ4n) is 2.88. The number of hydrogen-bond acceptors (Lipinski definition) is 3. The minimum atomic E-state index is -0.713. The molecule has 3 atom stereocenters. The molecule has 0 spiro atoms. The monoisotopic (exact) mass is 228 g/mol. The lowest BCUT2D eigenvalue weighted by molar-refractivity contribution is 0.00928. The summed E-state index contributed by atoms with van der Waals surface area (Å²) in [7, 11) is 0. The van der Waals surface area contributed by atoms with E-state index in [1.54, 1.807) is 0 Å². The Morgan fingerprint density at radius 1 is 1.50 bits per heavy atom. The van der Waals surface area contributed by atoms with Gasteiger partial charge >= 0.3 is 0 Å². The van der Waals surface area contributed by atoms with Crippen LogP contribution in [-0.4, -0.2) is 40.8 Å². The quantitative estimate of drug-likeness (QED) is 0.753. The van der Waals surface area contributed by atoms with E-state index in [-0.39, 0.29) is 0 Å². The van der Waals surface area contributed by atoms with Crippen molar-refractivity contribution in [2.45, 2.75) is 70.6 Å². The van der Waals surface area contributed by atoms with Gasteiger partial charge < -0.3 is 10.8 Å². The van der Waals surface area contributed by atoms with Crippen LogP contribution in [0.5, 0.6) is 0 Å². The summed E-state index contributed by atoms with van der Waals surface area (Å²) in [6.07, 6.45) is 5.96. The summed E-state index contributed by atoms with van der Waals surface area (Å²) in [5, 5.41) is 10.0. The van der Waals surface area contributed by atoms with Gasteiger partial charge in [-0.25, -0.2) is 0 Å².